The molecule has 3 fully saturated rings. The van der Waals surface area contributed by atoms with E-state index in [1.807, 2.05) is 41.8 Å². The molecule has 1 aromatic carbocycles. The Balaban J connectivity index is 1.42. The van der Waals surface area contributed by atoms with Gasteiger partial charge in [-0.1, -0.05) is 49.6 Å². The third kappa shape index (κ3) is 9.07. The molecule has 9 N–H and O–H groups in total. The van der Waals surface area contributed by atoms with Gasteiger partial charge in [0, 0.05) is 36.9 Å². The van der Waals surface area contributed by atoms with Crippen LogP contribution < -0.4 is 33.2 Å². The van der Waals surface area contributed by atoms with Crippen molar-refractivity contribution in [1.82, 2.24) is 25.8 Å². The van der Waals surface area contributed by atoms with Crippen molar-refractivity contribution < 1.29 is 24.0 Å². The predicted octanol–water partition coefficient (Wildman–Crippen LogP) is 1.05. The molecule has 14 nitrogen and oxygen atoms in total. The van der Waals surface area contributed by atoms with Gasteiger partial charge in [0.2, 0.25) is 29.5 Å². The van der Waals surface area contributed by atoms with E-state index >= 15 is 9.59 Å². The summed E-state index contributed by atoms with van der Waals surface area (Å²) < 4.78 is 0. The second-order valence-corrected chi connectivity index (χ2v) is 15.8. The van der Waals surface area contributed by atoms with Crippen LogP contribution in [-0.4, -0.2) is 94.6 Å². The highest BCUT2D eigenvalue weighted by molar-refractivity contribution is 7.09. The highest BCUT2D eigenvalue weighted by Gasteiger charge is 2.51. The summed E-state index contributed by atoms with van der Waals surface area (Å²) in [5.41, 5.74) is 18.8. The molecule has 1 aromatic heterocycles. The van der Waals surface area contributed by atoms with E-state index in [2.05, 4.69) is 20.9 Å². The maximum atomic E-state index is 15.1. The molecule has 5 amide bonds. The number of hydrogen-bond acceptors (Lipinski definition) is 9. The number of nitrogens with one attached hydrogen (secondary N) is 3. The van der Waals surface area contributed by atoms with Crippen molar-refractivity contribution in [2.75, 3.05) is 13.1 Å². The van der Waals surface area contributed by atoms with Crippen LogP contribution in [0.5, 0.6) is 0 Å². The van der Waals surface area contributed by atoms with Crippen LogP contribution in [0, 0.1) is 5.92 Å². The zero-order chi connectivity index (χ0) is 37.5. The van der Waals surface area contributed by atoms with Crippen LogP contribution in [0.4, 0.5) is 0 Å². The van der Waals surface area contributed by atoms with Gasteiger partial charge in [0.15, 0.2) is 5.96 Å². The van der Waals surface area contributed by atoms with Crippen molar-refractivity contribution in [3.05, 3.63) is 57.8 Å². The van der Waals surface area contributed by atoms with Gasteiger partial charge in [0.25, 0.3) is 0 Å². The van der Waals surface area contributed by atoms with Crippen molar-refractivity contribution in [2.45, 2.75) is 120 Å². The molecule has 1 aliphatic carbocycles. The Labute approximate surface area is 314 Å². The van der Waals surface area contributed by atoms with Crippen LogP contribution in [0.3, 0.4) is 0 Å². The summed E-state index contributed by atoms with van der Waals surface area (Å²) >= 11 is 1.51. The monoisotopic (exact) mass is 747 g/mol. The average Bonchev–Trinajstić information content (AvgIpc) is 3.82. The number of nitrogens with zero attached hydrogens (tertiary/aromatic N) is 3. The van der Waals surface area contributed by atoms with Gasteiger partial charge in [-0.3, -0.25) is 39.6 Å². The van der Waals surface area contributed by atoms with Gasteiger partial charge in [0.1, 0.15) is 18.1 Å². The highest BCUT2D eigenvalue weighted by Crippen LogP contribution is 2.41. The van der Waals surface area contributed by atoms with E-state index in [1.165, 1.54) is 11.3 Å². The van der Waals surface area contributed by atoms with Gasteiger partial charge < -0.3 is 32.3 Å². The molecule has 7 atom stereocenters. The van der Waals surface area contributed by atoms with E-state index in [0.717, 1.165) is 41.7 Å². The van der Waals surface area contributed by atoms with Crippen LogP contribution in [-0.2, 0) is 43.4 Å². The summed E-state index contributed by atoms with van der Waals surface area (Å²) in [5.74, 6) is -2.23. The number of amides is 5. The maximum absolute atomic E-state index is 15.1. The normalized spacial score (nSPS) is 28.1. The van der Waals surface area contributed by atoms with Crippen LogP contribution >= 0.6 is 11.3 Å². The number of thiophene rings is 1. The van der Waals surface area contributed by atoms with Gasteiger partial charge in [-0.05, 0) is 80.0 Å². The molecule has 0 bridgehead atoms. The topological polar surface area (TPSA) is 218 Å². The van der Waals surface area contributed by atoms with Crippen molar-refractivity contribution in [2.24, 2.45) is 28.1 Å². The minimum atomic E-state index is -1.09. The molecule has 6 rings (SSSR count). The number of aliphatic imine (C=N–C) groups is 1. The van der Waals surface area contributed by atoms with Crippen LogP contribution in [0.15, 0.2) is 46.8 Å². The lowest BCUT2D eigenvalue weighted by atomic mass is 9.84. The Kier molecular flexibility index (Phi) is 12.8. The minimum Gasteiger partial charge on any atom is -0.370 e. The van der Waals surface area contributed by atoms with Gasteiger partial charge in [-0.15, -0.1) is 11.3 Å². The Hall–Kier alpha value is -4.34. The Morgan fingerprint density at radius 1 is 0.830 bits per heavy atom. The average molecular weight is 748 g/mol. The molecule has 2 saturated heterocycles. The van der Waals surface area contributed by atoms with E-state index in [1.54, 1.807) is 9.80 Å². The standard InChI is InChI=1S/C38H53N9O5S/c39-16-6-5-13-27-33(48)45-34(49)28(14-7-17-42-38(40)41)44-35(50)31-20-24-10-3-4-15-30(24)47(31)37(52)32-19-23-9-1-2-11-25(23)22-46(32)36(51)29(43-27)21-26-12-8-18-53-26/h1-2,8-9,11-12,18,24,27-32,43H,3-7,10,13-17,19-22,39H2,(H,44,50)(H4,40,41,42)(H,45,48,49)/t24?,27-,28-,29-,30?,31-,32+/m0/s1. The molecule has 2 aromatic rings. The maximum Gasteiger partial charge on any atom is 0.249 e. The molecule has 0 radical (unpaired) electrons. The second kappa shape index (κ2) is 17.7. The number of imide groups is 1. The summed E-state index contributed by atoms with van der Waals surface area (Å²) in [6.45, 7) is 0.862. The number of hydrogen-bond donors (Lipinski definition) is 6. The zero-order valence-corrected chi connectivity index (χ0v) is 31.0. The molecule has 2 unspecified atom stereocenters. The lowest BCUT2D eigenvalue weighted by molar-refractivity contribution is -0.152. The Morgan fingerprint density at radius 3 is 2.34 bits per heavy atom. The number of nitrogens with two attached hydrogens (primary N) is 3. The molecule has 53 heavy (non-hydrogen) atoms. The fourth-order valence-electron chi connectivity index (χ4n) is 8.57. The van der Waals surface area contributed by atoms with Gasteiger partial charge in [-0.2, -0.15) is 0 Å². The zero-order valence-electron chi connectivity index (χ0n) is 30.2. The van der Waals surface area contributed by atoms with Gasteiger partial charge in [-0.25, -0.2) is 0 Å². The number of guanidine groups is 1. The Morgan fingerprint density at radius 2 is 1.58 bits per heavy atom. The summed E-state index contributed by atoms with van der Waals surface area (Å²) in [6.07, 6.45) is 6.72. The SMILES string of the molecule is NCCCC[C@@H]1N[C@@H](Cc2cccs2)C(=O)N2Cc3ccccc3C[C@@H]2C(=O)N2C3CCCCC3C[C@H]2C(=O)N[C@@H](CCCN=C(N)N)C(=O)NC1=O. The highest BCUT2D eigenvalue weighted by atomic mass is 32.1. The van der Waals surface area contributed by atoms with E-state index in [4.69, 9.17) is 17.2 Å². The fourth-order valence-corrected chi connectivity index (χ4v) is 9.32. The molecule has 4 aliphatic rings. The van der Waals surface area contributed by atoms with Crippen LogP contribution in [0.25, 0.3) is 0 Å². The molecule has 0 spiro atoms. The first-order chi connectivity index (χ1) is 25.6. The van der Waals surface area contributed by atoms with E-state index in [-0.39, 0.29) is 55.7 Å². The quantitative estimate of drug-likeness (QED) is 0.0885. The lowest BCUT2D eigenvalue weighted by Crippen LogP contribution is -2.62. The number of rotatable bonds is 10. The Bertz CT molecular complexity index is 1660. The van der Waals surface area contributed by atoms with Crippen molar-refractivity contribution in [1.29, 1.82) is 0 Å². The van der Waals surface area contributed by atoms with Crippen molar-refractivity contribution in [3.63, 3.8) is 0 Å². The smallest absolute Gasteiger partial charge is 0.249 e. The van der Waals surface area contributed by atoms with Gasteiger partial charge in [0.05, 0.1) is 12.1 Å². The number of carbonyl (C=O) groups is 5. The van der Waals surface area contributed by atoms with Crippen molar-refractivity contribution in [3.8, 4) is 0 Å². The number of carbonyl (C=O) groups excluding carboxylic acids is 5. The number of benzene rings is 1. The first-order valence-electron chi connectivity index (χ1n) is 19.0. The molecule has 4 heterocycles. The van der Waals surface area contributed by atoms with Crippen molar-refractivity contribution >= 4 is 46.8 Å². The molecule has 286 valence electrons. The molecule has 3 aliphatic heterocycles. The third-order valence-electron chi connectivity index (χ3n) is 11.2. The van der Waals surface area contributed by atoms with Crippen LogP contribution in [0.2, 0.25) is 0 Å². The number of unbranched alkanes of at least 4 members (excludes halogenated alkanes) is 1. The largest absolute Gasteiger partial charge is 0.370 e. The third-order valence-corrected chi connectivity index (χ3v) is 12.1. The summed E-state index contributed by atoms with van der Waals surface area (Å²) in [6, 6.07) is 6.96. The van der Waals surface area contributed by atoms with Crippen LogP contribution in [0.1, 0.15) is 80.2 Å². The van der Waals surface area contributed by atoms with E-state index in [0.29, 0.717) is 45.1 Å². The first-order valence-corrected chi connectivity index (χ1v) is 19.9. The minimum absolute atomic E-state index is 0.0872. The lowest BCUT2D eigenvalue weighted by Gasteiger charge is -2.42. The predicted molar refractivity (Wildman–Crippen MR) is 202 cm³/mol. The number of fused-ring (bicyclic) bond motifs is 5. The first kappa shape index (κ1) is 38.4. The van der Waals surface area contributed by atoms with E-state index < -0.39 is 47.9 Å². The van der Waals surface area contributed by atoms with E-state index in [9.17, 15) is 14.4 Å². The summed E-state index contributed by atoms with van der Waals surface area (Å²) in [5, 5.41) is 10.8. The molecular weight excluding hydrogens is 695 g/mol. The summed E-state index contributed by atoms with van der Waals surface area (Å²) in [4.78, 5) is 80.8. The fraction of sp³-hybridized carbons (Fsp3) is 0.579. The molecule has 15 heteroatoms. The molecule has 1 saturated carbocycles. The summed E-state index contributed by atoms with van der Waals surface area (Å²) in [7, 11) is 0. The van der Waals surface area contributed by atoms with Gasteiger partial charge >= 0.3 is 0 Å². The molecular formula is C38H53N9O5S. The second-order valence-electron chi connectivity index (χ2n) is 14.8.